The van der Waals surface area contributed by atoms with Crippen molar-refractivity contribution in [2.75, 3.05) is 0 Å². The highest BCUT2D eigenvalue weighted by Crippen LogP contribution is 2.12. The van der Waals surface area contributed by atoms with Crippen LogP contribution in [0.15, 0.2) is 12.5 Å². The zero-order valence-electron chi connectivity index (χ0n) is 20.9. The molecule has 0 aliphatic heterocycles. The first kappa shape index (κ1) is 29.1. The first-order chi connectivity index (χ1) is 15.9. The molecule has 0 aliphatic carbocycles. The Morgan fingerprint density at radius 1 is 0.941 bits per heavy atom. The van der Waals surface area contributed by atoms with Gasteiger partial charge in [-0.3, -0.25) is 14.4 Å². The predicted molar refractivity (Wildman–Crippen MR) is 127 cm³/mol. The number of carbonyl (C=O) groups excluding carboxylic acids is 3. The molecule has 0 aliphatic rings. The summed E-state index contributed by atoms with van der Waals surface area (Å²) in [4.78, 5) is 57.3. The van der Waals surface area contributed by atoms with Gasteiger partial charge in [-0.05, 0) is 17.8 Å². The number of H-pyrrole nitrogens is 1. The molecule has 0 fully saturated rings. The minimum absolute atomic E-state index is 0.0650. The third-order valence-corrected chi connectivity index (χ3v) is 6.20. The van der Waals surface area contributed by atoms with Crippen molar-refractivity contribution >= 4 is 23.7 Å². The van der Waals surface area contributed by atoms with Gasteiger partial charge in [-0.15, -0.1) is 0 Å². The maximum absolute atomic E-state index is 13.2. The lowest BCUT2D eigenvalue weighted by atomic mass is 9.95. The normalized spacial score (nSPS) is 16.6. The van der Waals surface area contributed by atoms with Crippen LogP contribution in [-0.4, -0.2) is 62.9 Å². The minimum Gasteiger partial charge on any atom is -0.480 e. The molecular formula is C23H40N6O5. The molecule has 6 unspecified atom stereocenters. The van der Waals surface area contributed by atoms with Crippen molar-refractivity contribution in [3.63, 3.8) is 0 Å². The van der Waals surface area contributed by atoms with Gasteiger partial charge in [0.05, 0.1) is 12.4 Å². The second kappa shape index (κ2) is 13.7. The molecule has 0 saturated heterocycles. The summed E-state index contributed by atoms with van der Waals surface area (Å²) in [5, 5.41) is 17.4. The number of aliphatic carboxylic acids is 1. The average molecular weight is 481 g/mol. The van der Waals surface area contributed by atoms with Crippen LogP contribution in [0.5, 0.6) is 0 Å². The Hall–Kier alpha value is -2.95. The van der Waals surface area contributed by atoms with Crippen molar-refractivity contribution in [1.29, 1.82) is 0 Å². The summed E-state index contributed by atoms with van der Waals surface area (Å²) in [5.74, 6) is -3.45. The van der Waals surface area contributed by atoms with Crippen molar-refractivity contribution in [2.45, 2.75) is 85.0 Å². The third kappa shape index (κ3) is 8.44. The van der Waals surface area contributed by atoms with E-state index in [4.69, 9.17) is 5.73 Å². The molecule has 192 valence electrons. The van der Waals surface area contributed by atoms with E-state index in [9.17, 15) is 24.3 Å². The van der Waals surface area contributed by atoms with Gasteiger partial charge in [0.15, 0.2) is 0 Å². The second-order valence-electron chi connectivity index (χ2n) is 9.19. The van der Waals surface area contributed by atoms with Crippen LogP contribution in [0.1, 0.15) is 60.1 Å². The van der Waals surface area contributed by atoms with E-state index in [0.29, 0.717) is 18.5 Å². The lowest BCUT2D eigenvalue weighted by Crippen LogP contribution is -2.59. The summed E-state index contributed by atoms with van der Waals surface area (Å²) in [5.41, 5.74) is 6.62. The Labute approximate surface area is 201 Å². The molecule has 11 nitrogen and oxygen atoms in total. The summed E-state index contributed by atoms with van der Waals surface area (Å²) in [7, 11) is 0. The van der Waals surface area contributed by atoms with Crippen LogP contribution < -0.4 is 21.7 Å². The molecular weight excluding hydrogens is 440 g/mol. The van der Waals surface area contributed by atoms with Gasteiger partial charge in [0.1, 0.15) is 18.1 Å². The summed E-state index contributed by atoms with van der Waals surface area (Å²) in [6, 6.07) is -3.88. The number of nitrogens with one attached hydrogen (secondary N) is 4. The highest BCUT2D eigenvalue weighted by atomic mass is 16.4. The van der Waals surface area contributed by atoms with Crippen molar-refractivity contribution < 1.29 is 24.3 Å². The lowest BCUT2D eigenvalue weighted by Gasteiger charge is -2.29. The fraction of sp³-hybridized carbons (Fsp3) is 0.696. The number of carboxylic acids is 1. The Morgan fingerprint density at radius 3 is 2.00 bits per heavy atom. The highest BCUT2D eigenvalue weighted by molar-refractivity contribution is 5.94. The number of carboxylic acid groups (broad SMARTS) is 1. The number of aromatic amines is 1. The predicted octanol–water partition coefficient (Wildman–Crippen LogP) is 0.567. The fourth-order valence-electron chi connectivity index (χ4n) is 3.32. The van der Waals surface area contributed by atoms with Crippen LogP contribution in [-0.2, 0) is 25.6 Å². The quantitative estimate of drug-likeness (QED) is 0.225. The molecule has 11 heteroatoms. The number of carbonyl (C=O) groups is 4. The first-order valence-corrected chi connectivity index (χ1v) is 11.8. The first-order valence-electron chi connectivity index (χ1n) is 11.8. The summed E-state index contributed by atoms with van der Waals surface area (Å²) in [6.45, 7) is 10.9. The van der Waals surface area contributed by atoms with Crippen LogP contribution in [0.25, 0.3) is 0 Å². The summed E-state index contributed by atoms with van der Waals surface area (Å²) >= 11 is 0. The third-order valence-electron chi connectivity index (χ3n) is 6.20. The molecule has 6 atom stereocenters. The van der Waals surface area contributed by atoms with Gasteiger partial charge >= 0.3 is 5.97 Å². The van der Waals surface area contributed by atoms with Crippen molar-refractivity contribution in [3.05, 3.63) is 18.2 Å². The largest absolute Gasteiger partial charge is 0.480 e. The van der Waals surface area contributed by atoms with Gasteiger partial charge < -0.3 is 31.8 Å². The molecule has 34 heavy (non-hydrogen) atoms. The maximum atomic E-state index is 13.2. The molecule has 1 aromatic rings. The van der Waals surface area contributed by atoms with Gasteiger partial charge in [-0.2, -0.15) is 0 Å². The van der Waals surface area contributed by atoms with Gasteiger partial charge in [-0.25, -0.2) is 9.78 Å². The van der Waals surface area contributed by atoms with E-state index in [2.05, 4.69) is 25.9 Å². The number of rotatable bonds is 14. The lowest BCUT2D eigenvalue weighted by molar-refractivity contribution is -0.143. The number of amides is 3. The van der Waals surface area contributed by atoms with E-state index < -0.39 is 47.9 Å². The summed E-state index contributed by atoms with van der Waals surface area (Å²) < 4.78 is 0. The van der Waals surface area contributed by atoms with E-state index >= 15 is 0 Å². The van der Waals surface area contributed by atoms with Gasteiger partial charge in [0.25, 0.3) is 0 Å². The molecule has 7 N–H and O–H groups in total. The number of aromatic nitrogens is 2. The second-order valence-corrected chi connectivity index (χ2v) is 9.19. The zero-order chi connectivity index (χ0) is 26.0. The molecule has 0 aromatic carbocycles. The number of imidazole rings is 1. The van der Waals surface area contributed by atoms with E-state index in [0.717, 1.165) is 0 Å². The number of nitrogens with two attached hydrogens (primary N) is 1. The highest BCUT2D eigenvalue weighted by Gasteiger charge is 2.33. The van der Waals surface area contributed by atoms with Gasteiger partial charge in [0, 0.05) is 18.3 Å². The smallest absolute Gasteiger partial charge is 0.326 e. The Morgan fingerprint density at radius 2 is 1.53 bits per heavy atom. The monoisotopic (exact) mass is 480 g/mol. The fourth-order valence-corrected chi connectivity index (χ4v) is 3.32. The van der Waals surface area contributed by atoms with Gasteiger partial charge in [-0.1, -0.05) is 54.4 Å². The minimum atomic E-state index is -1.17. The van der Waals surface area contributed by atoms with Crippen molar-refractivity contribution in [3.8, 4) is 0 Å². The van der Waals surface area contributed by atoms with Crippen molar-refractivity contribution in [2.24, 2.45) is 23.5 Å². The Kier molecular flexibility index (Phi) is 11.7. The molecule has 0 radical (unpaired) electrons. The van der Waals surface area contributed by atoms with Gasteiger partial charge in [0.2, 0.25) is 17.7 Å². The topological polar surface area (TPSA) is 179 Å². The van der Waals surface area contributed by atoms with Crippen LogP contribution in [0, 0.1) is 17.8 Å². The standard InChI is InChI=1S/C23H40N6O5/c1-7-13(5)17(24)21(31)29-19(14(6)8-2)22(32)27-16(9-15-10-25-11-26-15)20(30)28-18(12(3)4)23(33)34/h10-14,16-19H,7-9,24H2,1-6H3,(H,25,26)(H,27,32)(H,28,30)(H,29,31)(H,33,34). The Bertz CT molecular complexity index is 813. The number of nitrogens with zero attached hydrogens (tertiary/aromatic N) is 1. The number of hydrogen-bond donors (Lipinski definition) is 6. The molecule has 1 rings (SSSR count). The zero-order valence-corrected chi connectivity index (χ0v) is 20.9. The van der Waals surface area contributed by atoms with Crippen molar-refractivity contribution in [1.82, 2.24) is 25.9 Å². The summed E-state index contributed by atoms with van der Waals surface area (Å²) in [6.07, 6.45) is 4.33. The molecule has 0 bridgehead atoms. The van der Waals surface area contributed by atoms with E-state index in [-0.39, 0.29) is 24.2 Å². The molecule has 0 saturated carbocycles. The van der Waals surface area contributed by atoms with E-state index in [1.807, 2.05) is 27.7 Å². The molecule has 1 aromatic heterocycles. The average Bonchev–Trinajstić information content (AvgIpc) is 3.31. The SMILES string of the molecule is CCC(C)C(N)C(=O)NC(C(=O)NC(Cc1cnc[nH]1)C(=O)NC(C(=O)O)C(C)C)C(C)CC. The van der Waals surface area contributed by atoms with E-state index in [1.54, 1.807) is 13.8 Å². The molecule has 3 amide bonds. The van der Waals surface area contributed by atoms with Crippen LogP contribution in [0.2, 0.25) is 0 Å². The number of hydrogen-bond acceptors (Lipinski definition) is 6. The molecule has 1 heterocycles. The van der Waals surface area contributed by atoms with Crippen LogP contribution in [0.4, 0.5) is 0 Å². The molecule has 0 spiro atoms. The Balaban J connectivity index is 3.11. The van der Waals surface area contributed by atoms with Crippen LogP contribution >= 0.6 is 0 Å². The van der Waals surface area contributed by atoms with E-state index in [1.165, 1.54) is 12.5 Å². The van der Waals surface area contributed by atoms with Crippen LogP contribution in [0.3, 0.4) is 0 Å². The maximum Gasteiger partial charge on any atom is 0.326 e.